The number of nitrogens with one attached hydrogen (secondary N) is 1. The van der Waals surface area contributed by atoms with Gasteiger partial charge in [-0.3, -0.25) is 4.68 Å². The molecule has 1 aromatic carbocycles. The van der Waals surface area contributed by atoms with Crippen LogP contribution in [0.4, 0.5) is 0 Å². The first-order valence-electron chi connectivity index (χ1n) is 10.8. The molecule has 2 aromatic rings. The molecule has 2 saturated heterocycles. The molecule has 0 saturated carbocycles. The molecule has 1 unspecified atom stereocenters. The Morgan fingerprint density at radius 1 is 1.23 bits per heavy atom. The van der Waals surface area contributed by atoms with Crippen LogP contribution in [-0.2, 0) is 17.8 Å². The van der Waals surface area contributed by atoms with Crippen LogP contribution < -0.4 is 5.32 Å². The molecule has 0 radical (unpaired) electrons. The minimum absolute atomic E-state index is 0. The number of guanidine groups is 1. The average Bonchev–Trinajstić information content (AvgIpc) is 3.43. The van der Waals surface area contributed by atoms with Gasteiger partial charge in [0.1, 0.15) is 0 Å². The van der Waals surface area contributed by atoms with Gasteiger partial charge in [0, 0.05) is 42.9 Å². The Morgan fingerprint density at radius 3 is 2.73 bits per heavy atom. The Bertz CT molecular complexity index is 858. The van der Waals surface area contributed by atoms with Crippen LogP contribution in [0.2, 0.25) is 0 Å². The van der Waals surface area contributed by atoms with Gasteiger partial charge in [-0.2, -0.15) is 5.10 Å². The van der Waals surface area contributed by atoms with Crippen LogP contribution in [0, 0.1) is 19.3 Å². The largest absolute Gasteiger partial charge is 0.381 e. The number of aryl methyl sites for hydroxylation is 1. The molecule has 0 bridgehead atoms. The molecule has 1 atom stereocenters. The lowest BCUT2D eigenvalue weighted by molar-refractivity contribution is 0.156. The maximum Gasteiger partial charge on any atom is 0.194 e. The van der Waals surface area contributed by atoms with E-state index in [9.17, 15) is 0 Å². The standard InChI is InChI=1S/C23H33N5O.HI/c1-4-24-22(27-12-10-23(16-27)11-13-29-17-23)25-14-21-18(2)26-28(19(21)3)15-20-8-6-5-7-9-20;/h5-9H,4,10-17H2,1-3H3,(H,24,25);1H. The smallest absolute Gasteiger partial charge is 0.194 e. The number of benzene rings is 1. The number of hydrogen-bond acceptors (Lipinski definition) is 3. The van der Waals surface area contributed by atoms with Gasteiger partial charge >= 0.3 is 0 Å². The quantitative estimate of drug-likeness (QED) is 0.369. The Morgan fingerprint density at radius 2 is 2.03 bits per heavy atom. The summed E-state index contributed by atoms with van der Waals surface area (Å²) in [6.45, 7) is 12.6. The number of likely N-dealkylation sites (tertiary alicyclic amines) is 1. The van der Waals surface area contributed by atoms with Gasteiger partial charge in [-0.1, -0.05) is 30.3 Å². The lowest BCUT2D eigenvalue weighted by Crippen LogP contribution is -2.41. The van der Waals surface area contributed by atoms with Crippen molar-refractivity contribution in [2.75, 3.05) is 32.8 Å². The number of aromatic nitrogens is 2. The van der Waals surface area contributed by atoms with Crippen LogP contribution in [-0.4, -0.2) is 53.5 Å². The first-order valence-corrected chi connectivity index (χ1v) is 10.8. The van der Waals surface area contributed by atoms with Crippen LogP contribution in [0.3, 0.4) is 0 Å². The van der Waals surface area contributed by atoms with E-state index in [1.807, 2.05) is 6.07 Å². The van der Waals surface area contributed by atoms with E-state index in [-0.39, 0.29) is 24.0 Å². The van der Waals surface area contributed by atoms with Crippen LogP contribution in [0.5, 0.6) is 0 Å². The number of aliphatic imine (C=N–C) groups is 1. The predicted octanol–water partition coefficient (Wildman–Crippen LogP) is 3.74. The predicted molar refractivity (Wildman–Crippen MR) is 132 cm³/mol. The van der Waals surface area contributed by atoms with E-state index in [0.29, 0.717) is 12.0 Å². The third-order valence-corrected chi connectivity index (χ3v) is 6.35. The van der Waals surface area contributed by atoms with Gasteiger partial charge in [-0.05, 0) is 39.2 Å². The van der Waals surface area contributed by atoms with Crippen molar-refractivity contribution < 1.29 is 4.74 Å². The van der Waals surface area contributed by atoms with Crippen molar-refractivity contribution in [2.45, 2.75) is 46.7 Å². The van der Waals surface area contributed by atoms with Crippen molar-refractivity contribution in [1.29, 1.82) is 0 Å². The fourth-order valence-electron chi connectivity index (χ4n) is 4.54. The second kappa shape index (κ2) is 10.1. The SMILES string of the molecule is CCNC(=NCc1c(C)nn(Cc2ccccc2)c1C)N1CCC2(CCOC2)C1.I. The number of hydrogen-bond donors (Lipinski definition) is 1. The van der Waals surface area contributed by atoms with Gasteiger partial charge in [0.2, 0.25) is 0 Å². The minimum Gasteiger partial charge on any atom is -0.381 e. The highest BCUT2D eigenvalue weighted by Crippen LogP contribution is 2.38. The second-order valence-electron chi connectivity index (χ2n) is 8.44. The van der Waals surface area contributed by atoms with Gasteiger partial charge in [0.15, 0.2) is 5.96 Å². The van der Waals surface area contributed by atoms with Crippen LogP contribution in [0.25, 0.3) is 0 Å². The van der Waals surface area contributed by atoms with Crippen LogP contribution in [0.1, 0.15) is 42.3 Å². The van der Waals surface area contributed by atoms with Crippen molar-refractivity contribution in [1.82, 2.24) is 20.0 Å². The fraction of sp³-hybridized carbons (Fsp3) is 0.565. The molecule has 2 aliphatic rings. The average molecular weight is 523 g/mol. The van der Waals surface area contributed by atoms with E-state index in [1.54, 1.807) is 0 Å². The maximum atomic E-state index is 5.68. The van der Waals surface area contributed by atoms with Gasteiger partial charge in [0.25, 0.3) is 0 Å². The topological polar surface area (TPSA) is 54.7 Å². The zero-order chi connectivity index (χ0) is 20.3. The fourth-order valence-corrected chi connectivity index (χ4v) is 4.54. The summed E-state index contributed by atoms with van der Waals surface area (Å²) < 4.78 is 7.78. The third kappa shape index (κ3) is 4.99. The minimum atomic E-state index is 0. The Hall–Kier alpha value is -1.61. The Balaban J connectivity index is 0.00000256. The molecule has 30 heavy (non-hydrogen) atoms. The molecule has 0 amide bonds. The molecule has 1 spiro atoms. The summed E-state index contributed by atoms with van der Waals surface area (Å²) in [5.74, 6) is 1.02. The van der Waals surface area contributed by atoms with Crippen molar-refractivity contribution in [3.8, 4) is 0 Å². The molecular weight excluding hydrogens is 489 g/mol. The molecular formula is C23H34IN5O. The lowest BCUT2D eigenvalue weighted by Gasteiger charge is -2.25. The second-order valence-corrected chi connectivity index (χ2v) is 8.44. The summed E-state index contributed by atoms with van der Waals surface area (Å²) in [7, 11) is 0. The van der Waals surface area contributed by atoms with Gasteiger partial charge in [-0.15, -0.1) is 24.0 Å². The number of ether oxygens (including phenoxy) is 1. The van der Waals surface area contributed by atoms with E-state index in [1.165, 1.54) is 29.7 Å². The molecule has 164 valence electrons. The first-order chi connectivity index (χ1) is 14.1. The molecule has 2 fully saturated rings. The lowest BCUT2D eigenvalue weighted by atomic mass is 9.87. The number of rotatable bonds is 5. The highest BCUT2D eigenvalue weighted by molar-refractivity contribution is 14.0. The molecule has 1 aromatic heterocycles. The molecule has 1 N–H and O–H groups in total. The summed E-state index contributed by atoms with van der Waals surface area (Å²) >= 11 is 0. The molecule has 0 aliphatic carbocycles. The summed E-state index contributed by atoms with van der Waals surface area (Å²) in [4.78, 5) is 7.41. The van der Waals surface area contributed by atoms with E-state index < -0.39 is 0 Å². The maximum absolute atomic E-state index is 5.68. The molecule has 3 heterocycles. The molecule has 6 nitrogen and oxygen atoms in total. The Kier molecular flexibility index (Phi) is 7.79. The highest BCUT2D eigenvalue weighted by atomic mass is 127. The van der Waals surface area contributed by atoms with E-state index in [2.05, 4.69) is 59.9 Å². The van der Waals surface area contributed by atoms with Crippen molar-refractivity contribution in [2.24, 2.45) is 10.4 Å². The molecule has 4 rings (SSSR count). The normalized spacial score (nSPS) is 21.3. The van der Waals surface area contributed by atoms with E-state index in [0.717, 1.165) is 51.0 Å². The summed E-state index contributed by atoms with van der Waals surface area (Å²) in [6, 6.07) is 10.5. The van der Waals surface area contributed by atoms with Gasteiger partial charge in [-0.25, -0.2) is 4.99 Å². The number of nitrogens with zero attached hydrogens (tertiary/aromatic N) is 4. The highest BCUT2D eigenvalue weighted by Gasteiger charge is 2.42. The zero-order valence-electron chi connectivity index (χ0n) is 18.4. The molecule has 7 heteroatoms. The monoisotopic (exact) mass is 523 g/mol. The summed E-state index contributed by atoms with van der Waals surface area (Å²) in [6.07, 6.45) is 2.37. The Labute approximate surface area is 197 Å². The van der Waals surface area contributed by atoms with Crippen LogP contribution >= 0.6 is 24.0 Å². The summed E-state index contributed by atoms with van der Waals surface area (Å²) in [5.41, 5.74) is 5.10. The van der Waals surface area contributed by atoms with E-state index >= 15 is 0 Å². The van der Waals surface area contributed by atoms with E-state index in [4.69, 9.17) is 14.8 Å². The molecule has 2 aliphatic heterocycles. The van der Waals surface area contributed by atoms with Gasteiger partial charge < -0.3 is 15.0 Å². The van der Waals surface area contributed by atoms with Crippen molar-refractivity contribution in [3.05, 3.63) is 52.8 Å². The number of halogens is 1. The summed E-state index contributed by atoms with van der Waals surface area (Å²) in [5, 5.41) is 8.28. The first kappa shape index (κ1) is 23.1. The third-order valence-electron chi connectivity index (χ3n) is 6.35. The zero-order valence-corrected chi connectivity index (χ0v) is 20.7. The van der Waals surface area contributed by atoms with Crippen LogP contribution in [0.15, 0.2) is 35.3 Å². The van der Waals surface area contributed by atoms with Crippen molar-refractivity contribution in [3.63, 3.8) is 0 Å². The van der Waals surface area contributed by atoms with Crippen molar-refractivity contribution >= 4 is 29.9 Å². The van der Waals surface area contributed by atoms with Gasteiger partial charge in [0.05, 0.1) is 25.4 Å².